The summed E-state index contributed by atoms with van der Waals surface area (Å²) in [5.41, 5.74) is 5.26. The van der Waals surface area contributed by atoms with Gasteiger partial charge < -0.3 is 5.32 Å². The van der Waals surface area contributed by atoms with Crippen LogP contribution in [0.3, 0.4) is 0 Å². The maximum absolute atomic E-state index is 3.60. The van der Waals surface area contributed by atoms with E-state index in [1.54, 1.807) is 11.3 Å². The molecule has 0 fully saturated rings. The van der Waals surface area contributed by atoms with Crippen molar-refractivity contribution in [2.45, 2.75) is 26.8 Å². The van der Waals surface area contributed by atoms with Crippen LogP contribution in [0.25, 0.3) is 0 Å². The summed E-state index contributed by atoms with van der Waals surface area (Å²) in [6.07, 6.45) is 0. The number of hydrogen-bond donors (Lipinski definition) is 1. The zero-order valence-corrected chi connectivity index (χ0v) is 15.2. The monoisotopic (exact) mass is 401 g/mol. The van der Waals surface area contributed by atoms with E-state index < -0.39 is 0 Å². The van der Waals surface area contributed by atoms with Crippen LogP contribution in [-0.4, -0.2) is 6.54 Å². The number of halogens is 2. The lowest BCUT2D eigenvalue weighted by Crippen LogP contribution is -2.22. The molecule has 0 spiro atoms. The smallest absolute Gasteiger partial charge is 0.0701 e. The lowest BCUT2D eigenvalue weighted by atomic mass is 9.95. The average molecular weight is 403 g/mol. The summed E-state index contributed by atoms with van der Waals surface area (Å²) in [4.78, 5) is 0. The van der Waals surface area contributed by atoms with Crippen LogP contribution in [0.1, 0.15) is 35.2 Å². The second kappa shape index (κ2) is 6.53. The lowest BCUT2D eigenvalue weighted by Gasteiger charge is -2.21. The van der Waals surface area contributed by atoms with Crippen LogP contribution in [0, 0.1) is 13.8 Å². The van der Waals surface area contributed by atoms with Gasteiger partial charge >= 0.3 is 0 Å². The minimum atomic E-state index is 0.263. The second-order valence-electron chi connectivity index (χ2n) is 4.63. The van der Waals surface area contributed by atoms with Gasteiger partial charge in [-0.3, -0.25) is 0 Å². The molecule has 1 nitrogen and oxygen atoms in total. The molecule has 4 heteroatoms. The fraction of sp³-hybridized carbons (Fsp3) is 0.333. The minimum Gasteiger partial charge on any atom is -0.306 e. The molecule has 1 aromatic carbocycles. The highest BCUT2D eigenvalue weighted by atomic mass is 79.9. The molecule has 0 bridgehead atoms. The first-order chi connectivity index (χ1) is 9.02. The molecular weight excluding hydrogens is 386 g/mol. The first-order valence-corrected chi connectivity index (χ1v) is 8.73. The van der Waals surface area contributed by atoms with E-state index in [2.05, 4.69) is 81.5 Å². The molecule has 1 atom stereocenters. The van der Waals surface area contributed by atoms with Crippen molar-refractivity contribution in [3.63, 3.8) is 0 Å². The summed E-state index contributed by atoms with van der Waals surface area (Å²) < 4.78 is 2.35. The summed E-state index contributed by atoms with van der Waals surface area (Å²) in [5, 5.41) is 5.80. The van der Waals surface area contributed by atoms with E-state index in [-0.39, 0.29) is 6.04 Å². The van der Waals surface area contributed by atoms with E-state index in [1.807, 2.05) is 0 Å². The van der Waals surface area contributed by atoms with Crippen molar-refractivity contribution in [3.8, 4) is 0 Å². The van der Waals surface area contributed by atoms with Gasteiger partial charge in [-0.05, 0) is 76.1 Å². The fourth-order valence-electron chi connectivity index (χ4n) is 2.20. The third-order valence-corrected chi connectivity index (χ3v) is 5.56. The van der Waals surface area contributed by atoms with Crippen molar-refractivity contribution in [2.24, 2.45) is 0 Å². The maximum atomic E-state index is 3.60. The van der Waals surface area contributed by atoms with Crippen LogP contribution in [0.15, 0.2) is 31.8 Å². The molecule has 1 unspecified atom stereocenters. The summed E-state index contributed by atoms with van der Waals surface area (Å²) in [7, 11) is 0. The first-order valence-electron chi connectivity index (χ1n) is 6.27. The van der Waals surface area contributed by atoms with E-state index in [9.17, 15) is 0 Å². The highest BCUT2D eigenvalue weighted by Gasteiger charge is 2.17. The summed E-state index contributed by atoms with van der Waals surface area (Å²) in [6.45, 7) is 7.41. The van der Waals surface area contributed by atoms with Crippen molar-refractivity contribution in [3.05, 3.63) is 54.1 Å². The normalized spacial score (nSPS) is 12.7. The quantitative estimate of drug-likeness (QED) is 0.702. The zero-order valence-electron chi connectivity index (χ0n) is 11.3. The highest BCUT2D eigenvalue weighted by Crippen LogP contribution is 2.33. The van der Waals surface area contributed by atoms with Crippen LogP contribution in [0.2, 0.25) is 0 Å². The molecule has 1 heterocycles. The van der Waals surface area contributed by atoms with Crippen molar-refractivity contribution >= 4 is 43.2 Å². The van der Waals surface area contributed by atoms with Crippen LogP contribution in [0.4, 0.5) is 0 Å². The molecule has 1 aromatic heterocycles. The standard InChI is InChI=1S/C15H17Br2NS/c1-4-18-15(11-7-14(17)19-8-11)12-5-10(3)13(16)6-9(12)2/h5-8,15,18H,4H2,1-3H3. The fourth-order valence-corrected chi connectivity index (χ4v) is 3.86. The number of benzene rings is 1. The topological polar surface area (TPSA) is 12.0 Å². The molecule has 2 aromatic rings. The number of aryl methyl sites for hydroxylation is 2. The van der Waals surface area contributed by atoms with Crippen molar-refractivity contribution in [1.29, 1.82) is 0 Å². The van der Waals surface area contributed by atoms with Crippen molar-refractivity contribution in [2.75, 3.05) is 6.54 Å². The van der Waals surface area contributed by atoms with Crippen LogP contribution < -0.4 is 5.32 Å². The maximum Gasteiger partial charge on any atom is 0.0701 e. The Kier molecular flexibility index (Phi) is 5.23. The molecule has 2 rings (SSSR count). The SMILES string of the molecule is CCNC(c1csc(Br)c1)c1cc(C)c(Br)cc1C. The molecule has 0 saturated heterocycles. The minimum absolute atomic E-state index is 0.263. The van der Waals surface area contributed by atoms with Gasteiger partial charge in [0.25, 0.3) is 0 Å². The van der Waals surface area contributed by atoms with Crippen molar-refractivity contribution in [1.82, 2.24) is 5.32 Å². The van der Waals surface area contributed by atoms with Gasteiger partial charge in [-0.1, -0.05) is 28.9 Å². The Balaban J connectivity index is 2.47. The molecule has 0 amide bonds. The molecule has 0 saturated carbocycles. The lowest BCUT2D eigenvalue weighted by molar-refractivity contribution is 0.629. The Hall–Kier alpha value is -0.160. The Labute approximate surface area is 135 Å². The van der Waals surface area contributed by atoms with E-state index in [1.165, 1.54) is 30.5 Å². The van der Waals surface area contributed by atoms with Gasteiger partial charge in [0.2, 0.25) is 0 Å². The van der Waals surface area contributed by atoms with E-state index in [0.29, 0.717) is 0 Å². The number of nitrogens with one attached hydrogen (secondary N) is 1. The van der Waals surface area contributed by atoms with Gasteiger partial charge in [0.05, 0.1) is 9.83 Å². The van der Waals surface area contributed by atoms with Gasteiger partial charge in [-0.2, -0.15) is 0 Å². The van der Waals surface area contributed by atoms with E-state index in [0.717, 1.165) is 6.54 Å². The van der Waals surface area contributed by atoms with Gasteiger partial charge in [0.1, 0.15) is 0 Å². The Morgan fingerprint density at radius 3 is 2.47 bits per heavy atom. The summed E-state index contributed by atoms with van der Waals surface area (Å²) in [5.74, 6) is 0. The Morgan fingerprint density at radius 1 is 1.16 bits per heavy atom. The average Bonchev–Trinajstić information content (AvgIpc) is 2.78. The molecular formula is C15H17Br2NS. The van der Waals surface area contributed by atoms with E-state index in [4.69, 9.17) is 0 Å². The summed E-state index contributed by atoms with van der Waals surface area (Å²) >= 11 is 8.89. The molecule has 0 aliphatic rings. The van der Waals surface area contributed by atoms with Gasteiger partial charge in [-0.15, -0.1) is 11.3 Å². The second-order valence-corrected chi connectivity index (χ2v) is 7.78. The third kappa shape index (κ3) is 3.48. The van der Waals surface area contributed by atoms with Crippen LogP contribution >= 0.6 is 43.2 Å². The highest BCUT2D eigenvalue weighted by molar-refractivity contribution is 9.11. The number of hydrogen-bond acceptors (Lipinski definition) is 2. The molecule has 19 heavy (non-hydrogen) atoms. The van der Waals surface area contributed by atoms with Gasteiger partial charge in [-0.25, -0.2) is 0 Å². The Morgan fingerprint density at radius 2 is 1.89 bits per heavy atom. The zero-order chi connectivity index (χ0) is 14.0. The van der Waals surface area contributed by atoms with Crippen LogP contribution in [-0.2, 0) is 0 Å². The largest absolute Gasteiger partial charge is 0.306 e. The summed E-state index contributed by atoms with van der Waals surface area (Å²) in [6, 6.07) is 6.95. The van der Waals surface area contributed by atoms with Gasteiger partial charge in [0, 0.05) is 4.47 Å². The molecule has 102 valence electrons. The van der Waals surface area contributed by atoms with E-state index >= 15 is 0 Å². The number of rotatable bonds is 4. The number of thiophene rings is 1. The predicted octanol–water partition coefficient (Wildman–Crippen LogP) is 5.59. The molecule has 1 N–H and O–H groups in total. The molecule has 0 aliphatic carbocycles. The van der Waals surface area contributed by atoms with Crippen molar-refractivity contribution < 1.29 is 0 Å². The van der Waals surface area contributed by atoms with Crippen LogP contribution in [0.5, 0.6) is 0 Å². The third-order valence-electron chi connectivity index (χ3n) is 3.19. The van der Waals surface area contributed by atoms with Gasteiger partial charge in [0.15, 0.2) is 0 Å². The predicted molar refractivity (Wildman–Crippen MR) is 91.2 cm³/mol. The first kappa shape index (κ1) is 15.2. The Bertz CT molecular complexity index is 578. The molecule has 0 radical (unpaired) electrons. The molecule has 0 aliphatic heterocycles.